The molecule has 0 aliphatic carbocycles. The average molecular weight is 315 g/mol. The first kappa shape index (κ1) is 16.9. The van der Waals surface area contributed by atoms with E-state index in [4.69, 9.17) is 16.7 Å². The molecule has 0 spiro atoms. The number of nitrogens with zero attached hydrogens (tertiary/aromatic N) is 1. The van der Waals surface area contributed by atoms with E-state index in [0.717, 1.165) is 0 Å². The predicted octanol–water partition coefficient (Wildman–Crippen LogP) is 2.85. The van der Waals surface area contributed by atoms with Gasteiger partial charge in [0.05, 0.1) is 10.8 Å². The summed E-state index contributed by atoms with van der Waals surface area (Å²) in [5.41, 5.74) is 0.536. The minimum atomic E-state index is -1.07. The number of hydrogen-bond donors (Lipinski definition) is 2. The van der Waals surface area contributed by atoms with E-state index in [1.54, 1.807) is 6.92 Å². The number of halogens is 1. The molecule has 2 N–H and O–H groups in total. The number of nitro benzene ring substituents is 1. The van der Waals surface area contributed by atoms with Crippen LogP contribution in [0.25, 0.3) is 0 Å². The zero-order valence-electron chi connectivity index (χ0n) is 11.7. The van der Waals surface area contributed by atoms with E-state index >= 15 is 0 Å². The molecule has 0 heterocycles. The Morgan fingerprint density at radius 1 is 1.33 bits per heavy atom. The zero-order chi connectivity index (χ0) is 16.3. The molecule has 0 saturated heterocycles. The first-order chi connectivity index (χ1) is 9.65. The quantitative estimate of drug-likeness (QED) is 0.641. The highest BCUT2D eigenvalue weighted by Crippen LogP contribution is 2.31. The topological polar surface area (TPSA) is 110 Å². The van der Waals surface area contributed by atoms with Gasteiger partial charge in [0.25, 0.3) is 5.69 Å². The van der Waals surface area contributed by atoms with Crippen molar-refractivity contribution in [3.63, 3.8) is 0 Å². The number of aliphatic carboxylic acids is 1. The molecule has 2 unspecified atom stereocenters. The molecule has 2 atom stereocenters. The average Bonchev–Trinajstić information content (AvgIpc) is 2.40. The van der Waals surface area contributed by atoms with Crippen LogP contribution in [-0.4, -0.2) is 21.9 Å². The van der Waals surface area contributed by atoms with Crippen LogP contribution in [0.15, 0.2) is 12.1 Å². The van der Waals surface area contributed by atoms with Crippen LogP contribution in [0.1, 0.15) is 19.4 Å². The van der Waals surface area contributed by atoms with Gasteiger partial charge in [-0.15, -0.1) is 0 Å². The van der Waals surface area contributed by atoms with Crippen molar-refractivity contribution in [1.29, 1.82) is 0 Å². The van der Waals surface area contributed by atoms with E-state index in [-0.39, 0.29) is 10.7 Å². The Kier molecular flexibility index (Phi) is 5.26. The van der Waals surface area contributed by atoms with Gasteiger partial charge in [-0.2, -0.15) is 0 Å². The van der Waals surface area contributed by atoms with Crippen molar-refractivity contribution in [3.8, 4) is 0 Å². The number of nitrogens with one attached hydrogen (secondary N) is 1. The number of carbonyl (C=O) groups excluding carboxylic acids is 1. The van der Waals surface area contributed by atoms with Gasteiger partial charge in [-0.3, -0.25) is 19.7 Å². The van der Waals surface area contributed by atoms with Gasteiger partial charge in [-0.05, 0) is 18.6 Å². The summed E-state index contributed by atoms with van der Waals surface area (Å²) in [6, 6.07) is 2.54. The minimum absolute atomic E-state index is 0.0974. The molecular formula is C13H15ClN2O5. The van der Waals surface area contributed by atoms with E-state index in [1.807, 2.05) is 0 Å². The molecule has 0 saturated carbocycles. The molecule has 21 heavy (non-hydrogen) atoms. The number of carbonyl (C=O) groups is 2. The lowest BCUT2D eigenvalue weighted by atomic mass is 9.95. The Morgan fingerprint density at radius 2 is 1.90 bits per heavy atom. The fourth-order valence-electron chi connectivity index (χ4n) is 1.63. The number of rotatable bonds is 5. The normalized spacial score (nSPS) is 13.3. The smallest absolute Gasteiger partial charge is 0.307 e. The second-order valence-electron chi connectivity index (χ2n) is 4.78. The van der Waals surface area contributed by atoms with Gasteiger partial charge < -0.3 is 10.4 Å². The number of hydrogen-bond acceptors (Lipinski definition) is 4. The first-order valence-corrected chi connectivity index (χ1v) is 6.51. The molecule has 0 bridgehead atoms. The molecule has 114 valence electrons. The maximum absolute atomic E-state index is 12.0. The van der Waals surface area contributed by atoms with E-state index in [2.05, 4.69) is 5.32 Å². The lowest BCUT2D eigenvalue weighted by Gasteiger charge is -2.17. The highest BCUT2D eigenvalue weighted by Gasteiger charge is 2.26. The van der Waals surface area contributed by atoms with Crippen molar-refractivity contribution < 1.29 is 19.6 Å². The highest BCUT2D eigenvalue weighted by atomic mass is 35.5. The van der Waals surface area contributed by atoms with Crippen molar-refractivity contribution >= 4 is 34.9 Å². The number of nitro groups is 1. The lowest BCUT2D eigenvalue weighted by Crippen LogP contribution is -2.30. The Labute approximate surface area is 126 Å². The summed E-state index contributed by atoms with van der Waals surface area (Å²) in [6.45, 7) is 4.52. The van der Waals surface area contributed by atoms with E-state index in [9.17, 15) is 19.7 Å². The highest BCUT2D eigenvalue weighted by molar-refractivity contribution is 6.33. The first-order valence-electron chi connectivity index (χ1n) is 6.13. The summed E-state index contributed by atoms with van der Waals surface area (Å²) < 4.78 is 0. The van der Waals surface area contributed by atoms with Crippen LogP contribution in [0.4, 0.5) is 11.4 Å². The Balaban J connectivity index is 2.99. The third-order valence-electron chi connectivity index (χ3n) is 3.30. The van der Waals surface area contributed by atoms with Gasteiger partial charge in [-0.25, -0.2) is 0 Å². The number of amides is 1. The van der Waals surface area contributed by atoms with Gasteiger partial charge in [0.1, 0.15) is 5.02 Å². The second-order valence-corrected chi connectivity index (χ2v) is 5.19. The molecule has 0 aliphatic heterocycles. The Morgan fingerprint density at radius 3 is 2.38 bits per heavy atom. The van der Waals surface area contributed by atoms with Gasteiger partial charge >= 0.3 is 5.97 Å². The molecule has 1 amide bonds. The van der Waals surface area contributed by atoms with E-state index in [1.165, 1.54) is 26.0 Å². The number of carboxylic acid groups (broad SMARTS) is 1. The van der Waals surface area contributed by atoms with Gasteiger partial charge in [0, 0.05) is 17.7 Å². The SMILES string of the molecule is Cc1cc([N+](=O)[O-])c(Cl)cc1NC(=O)C(C)C(C)C(=O)O. The largest absolute Gasteiger partial charge is 0.481 e. The van der Waals surface area contributed by atoms with Crippen LogP contribution in [-0.2, 0) is 9.59 Å². The molecular weight excluding hydrogens is 300 g/mol. The van der Waals surface area contributed by atoms with Crippen molar-refractivity contribution in [2.75, 3.05) is 5.32 Å². The molecule has 0 radical (unpaired) electrons. The van der Waals surface area contributed by atoms with Crippen LogP contribution in [0.3, 0.4) is 0 Å². The second kappa shape index (κ2) is 6.53. The van der Waals surface area contributed by atoms with Crippen molar-refractivity contribution in [1.82, 2.24) is 0 Å². The summed E-state index contributed by atoms with van der Waals surface area (Å²) in [7, 11) is 0. The molecule has 0 aromatic heterocycles. The predicted molar refractivity (Wildman–Crippen MR) is 77.4 cm³/mol. The Hall–Kier alpha value is -2.15. The molecule has 1 aromatic carbocycles. The van der Waals surface area contributed by atoms with Gasteiger partial charge in [0.2, 0.25) is 5.91 Å². The number of anilines is 1. The maximum atomic E-state index is 12.0. The summed E-state index contributed by atoms with van der Waals surface area (Å²) in [4.78, 5) is 33.0. The number of aryl methyl sites for hydroxylation is 1. The van der Waals surface area contributed by atoms with Crippen LogP contribution >= 0.6 is 11.6 Å². The van der Waals surface area contributed by atoms with Crippen LogP contribution in [0.2, 0.25) is 5.02 Å². The van der Waals surface area contributed by atoms with Crippen molar-refractivity contribution in [3.05, 3.63) is 32.8 Å². The lowest BCUT2D eigenvalue weighted by molar-refractivity contribution is -0.384. The fourth-order valence-corrected chi connectivity index (χ4v) is 1.86. The van der Waals surface area contributed by atoms with Gasteiger partial charge in [0.15, 0.2) is 0 Å². The minimum Gasteiger partial charge on any atom is -0.481 e. The third-order valence-corrected chi connectivity index (χ3v) is 3.60. The van der Waals surface area contributed by atoms with Gasteiger partial charge in [-0.1, -0.05) is 25.4 Å². The summed E-state index contributed by atoms with van der Waals surface area (Å²) in [6.07, 6.45) is 0. The fraction of sp³-hybridized carbons (Fsp3) is 0.385. The van der Waals surface area contributed by atoms with Crippen molar-refractivity contribution in [2.24, 2.45) is 11.8 Å². The van der Waals surface area contributed by atoms with E-state index < -0.39 is 28.6 Å². The molecule has 0 fully saturated rings. The summed E-state index contributed by atoms with van der Waals surface area (Å²) >= 11 is 5.79. The monoisotopic (exact) mass is 314 g/mol. The third kappa shape index (κ3) is 3.91. The zero-order valence-corrected chi connectivity index (χ0v) is 12.5. The molecule has 1 aromatic rings. The molecule has 8 heteroatoms. The summed E-state index contributed by atoms with van der Waals surface area (Å²) in [5, 5.41) is 22.1. The molecule has 0 aliphatic rings. The van der Waals surface area contributed by atoms with Crippen molar-refractivity contribution in [2.45, 2.75) is 20.8 Å². The molecule has 1 rings (SSSR count). The van der Waals surface area contributed by atoms with Crippen LogP contribution in [0, 0.1) is 28.9 Å². The molecule has 7 nitrogen and oxygen atoms in total. The van der Waals surface area contributed by atoms with Crippen LogP contribution in [0.5, 0.6) is 0 Å². The van der Waals surface area contributed by atoms with Crippen LogP contribution < -0.4 is 5.32 Å². The maximum Gasteiger partial charge on any atom is 0.307 e. The summed E-state index contributed by atoms with van der Waals surface area (Å²) in [5.74, 6) is -3.16. The van der Waals surface area contributed by atoms with E-state index in [0.29, 0.717) is 11.3 Å². The number of carboxylic acids is 1. The Bertz CT molecular complexity index is 602. The number of benzene rings is 1. The standard InChI is InChI=1S/C13H15ClN2O5/c1-6-4-11(16(20)21)9(14)5-10(6)15-12(17)7(2)8(3)13(18)19/h4-5,7-8H,1-3H3,(H,15,17)(H,18,19).